The van der Waals surface area contributed by atoms with Crippen molar-refractivity contribution in [3.8, 4) is 0 Å². The first-order chi connectivity index (χ1) is 6.75. The Morgan fingerprint density at radius 3 is 3.21 bits per heavy atom. The fourth-order valence-electron chi connectivity index (χ4n) is 1.26. The van der Waals surface area contributed by atoms with E-state index in [0.29, 0.717) is 6.54 Å². The van der Waals surface area contributed by atoms with Crippen molar-refractivity contribution in [2.45, 2.75) is 6.54 Å². The van der Waals surface area contributed by atoms with Gasteiger partial charge in [0.15, 0.2) is 0 Å². The number of rotatable bonds is 2. The molecule has 72 valence electrons. The van der Waals surface area contributed by atoms with Crippen LogP contribution in [0.3, 0.4) is 0 Å². The zero-order valence-electron chi connectivity index (χ0n) is 7.25. The van der Waals surface area contributed by atoms with Gasteiger partial charge in [-0.1, -0.05) is 6.07 Å². The smallest absolute Gasteiger partial charge is 0.314 e. The van der Waals surface area contributed by atoms with Crippen LogP contribution in [0.1, 0.15) is 5.56 Å². The summed E-state index contributed by atoms with van der Waals surface area (Å²) in [6, 6.07) is 5.71. The van der Waals surface area contributed by atoms with E-state index in [1.165, 1.54) is 0 Å². The fraction of sp³-hybridized carbons (Fsp3) is 0.111. The molecule has 2 aromatic rings. The number of H-pyrrole nitrogens is 1. The normalized spacial score (nSPS) is 10.4. The van der Waals surface area contributed by atoms with E-state index < -0.39 is 5.37 Å². The minimum absolute atomic E-state index is 0.428. The van der Waals surface area contributed by atoms with Gasteiger partial charge in [-0.3, -0.25) is 4.79 Å². The number of hydrogen-bond donors (Lipinski definition) is 2. The quantitative estimate of drug-likeness (QED) is 0.587. The third-order valence-electron chi connectivity index (χ3n) is 1.92. The van der Waals surface area contributed by atoms with Crippen molar-refractivity contribution in [1.29, 1.82) is 0 Å². The fourth-order valence-corrected chi connectivity index (χ4v) is 1.33. The predicted octanol–water partition coefficient (Wildman–Crippen LogP) is 2.01. The summed E-state index contributed by atoms with van der Waals surface area (Å²) >= 11 is 5.15. The van der Waals surface area contributed by atoms with E-state index >= 15 is 0 Å². The molecule has 14 heavy (non-hydrogen) atoms. The van der Waals surface area contributed by atoms with Gasteiger partial charge < -0.3 is 10.3 Å². The van der Waals surface area contributed by atoms with E-state index in [4.69, 9.17) is 11.6 Å². The number of hydrogen-bond acceptors (Lipinski definition) is 2. The first-order valence-corrected chi connectivity index (χ1v) is 4.49. The molecule has 0 aliphatic rings. The molecular formula is C9H8ClN3O. The zero-order valence-corrected chi connectivity index (χ0v) is 8.01. The Bertz CT molecular complexity index is 466. The molecule has 5 heteroatoms. The zero-order chi connectivity index (χ0) is 9.97. The highest BCUT2D eigenvalue weighted by atomic mass is 35.5. The minimum Gasteiger partial charge on any atom is -0.345 e. The van der Waals surface area contributed by atoms with Gasteiger partial charge in [-0.05, 0) is 29.3 Å². The molecule has 4 nitrogen and oxygen atoms in total. The Balaban J connectivity index is 2.21. The Morgan fingerprint density at radius 1 is 1.57 bits per heavy atom. The highest BCUT2D eigenvalue weighted by Gasteiger charge is 1.99. The monoisotopic (exact) mass is 209 g/mol. The van der Waals surface area contributed by atoms with Gasteiger partial charge in [0.2, 0.25) is 0 Å². The number of carbonyl (C=O) groups excluding carboxylic acids is 1. The summed E-state index contributed by atoms with van der Waals surface area (Å²) in [4.78, 5) is 17.5. The first kappa shape index (κ1) is 9.02. The lowest BCUT2D eigenvalue weighted by Gasteiger charge is -2.00. The van der Waals surface area contributed by atoms with Crippen LogP contribution in [0.5, 0.6) is 0 Å². The van der Waals surface area contributed by atoms with Crippen molar-refractivity contribution in [1.82, 2.24) is 15.3 Å². The molecular weight excluding hydrogens is 202 g/mol. The molecule has 0 aliphatic heterocycles. The standard InChI is InChI=1S/C9H8ClN3O/c10-9(14)11-4-6-1-2-7-8(3-6)13-5-12-7/h1-3,5H,4H2,(H,11,14)(H,12,13). The average molecular weight is 210 g/mol. The van der Waals surface area contributed by atoms with Gasteiger partial charge in [0.05, 0.1) is 17.4 Å². The number of nitrogens with zero attached hydrogens (tertiary/aromatic N) is 1. The maximum absolute atomic E-state index is 10.5. The average Bonchev–Trinajstić information content (AvgIpc) is 2.61. The van der Waals surface area contributed by atoms with Crippen LogP contribution in [0.25, 0.3) is 11.0 Å². The maximum Gasteiger partial charge on any atom is 0.314 e. The number of carbonyl (C=O) groups is 1. The molecule has 0 bridgehead atoms. The lowest BCUT2D eigenvalue weighted by atomic mass is 10.2. The number of imidazole rings is 1. The molecule has 0 saturated heterocycles. The Hall–Kier alpha value is -1.55. The third kappa shape index (κ3) is 1.85. The van der Waals surface area contributed by atoms with Crippen LogP contribution in [-0.4, -0.2) is 15.3 Å². The first-order valence-electron chi connectivity index (χ1n) is 4.11. The van der Waals surface area contributed by atoms with Crippen molar-refractivity contribution < 1.29 is 4.79 Å². The van der Waals surface area contributed by atoms with Crippen molar-refractivity contribution in [2.75, 3.05) is 0 Å². The van der Waals surface area contributed by atoms with Crippen molar-refractivity contribution >= 4 is 28.0 Å². The molecule has 0 fully saturated rings. The van der Waals surface area contributed by atoms with Crippen LogP contribution >= 0.6 is 11.6 Å². The number of amides is 1. The van der Waals surface area contributed by atoms with Gasteiger partial charge in [0, 0.05) is 6.54 Å². The molecule has 2 rings (SSSR count). The van der Waals surface area contributed by atoms with Crippen molar-refractivity contribution in [2.24, 2.45) is 0 Å². The summed E-state index contributed by atoms with van der Waals surface area (Å²) in [7, 11) is 0. The van der Waals surface area contributed by atoms with Crippen LogP contribution in [0, 0.1) is 0 Å². The van der Waals surface area contributed by atoms with Gasteiger partial charge in [-0.25, -0.2) is 4.98 Å². The predicted molar refractivity (Wildman–Crippen MR) is 54.2 cm³/mol. The number of fused-ring (bicyclic) bond motifs is 1. The van der Waals surface area contributed by atoms with Gasteiger partial charge in [0.25, 0.3) is 0 Å². The van der Waals surface area contributed by atoms with E-state index in [2.05, 4.69) is 15.3 Å². The third-order valence-corrected chi connectivity index (χ3v) is 2.05. The Kier molecular flexibility index (Phi) is 2.37. The summed E-state index contributed by atoms with van der Waals surface area (Å²) in [5.74, 6) is 0. The highest BCUT2D eigenvalue weighted by molar-refractivity contribution is 6.62. The molecule has 0 spiro atoms. The summed E-state index contributed by atoms with van der Waals surface area (Å²) in [6.45, 7) is 0.428. The highest BCUT2D eigenvalue weighted by Crippen LogP contribution is 2.11. The molecule has 2 N–H and O–H groups in total. The summed E-state index contributed by atoms with van der Waals surface area (Å²) in [6.07, 6.45) is 1.63. The van der Waals surface area contributed by atoms with E-state index in [1.54, 1.807) is 6.33 Å². The number of aromatic amines is 1. The summed E-state index contributed by atoms with van der Waals surface area (Å²) < 4.78 is 0. The second kappa shape index (κ2) is 3.67. The van der Waals surface area contributed by atoms with Crippen LogP contribution in [0.15, 0.2) is 24.5 Å². The van der Waals surface area contributed by atoms with E-state index in [0.717, 1.165) is 16.6 Å². The van der Waals surface area contributed by atoms with Crippen molar-refractivity contribution in [3.05, 3.63) is 30.1 Å². The van der Waals surface area contributed by atoms with Crippen LogP contribution in [-0.2, 0) is 6.54 Å². The lowest BCUT2D eigenvalue weighted by Crippen LogP contribution is -2.15. The maximum atomic E-state index is 10.5. The molecule has 1 heterocycles. The molecule has 0 aliphatic carbocycles. The van der Waals surface area contributed by atoms with E-state index in [-0.39, 0.29) is 0 Å². The second-order valence-electron chi connectivity index (χ2n) is 2.88. The molecule has 1 amide bonds. The number of nitrogens with one attached hydrogen (secondary N) is 2. The van der Waals surface area contributed by atoms with Crippen molar-refractivity contribution in [3.63, 3.8) is 0 Å². The largest absolute Gasteiger partial charge is 0.345 e. The Labute approximate surface area is 85.3 Å². The number of aromatic nitrogens is 2. The molecule has 0 atom stereocenters. The molecule has 0 saturated carbocycles. The van der Waals surface area contributed by atoms with Gasteiger partial charge in [-0.2, -0.15) is 0 Å². The molecule has 1 aromatic carbocycles. The summed E-state index contributed by atoms with van der Waals surface area (Å²) in [5, 5.41) is 1.96. The number of halogens is 1. The summed E-state index contributed by atoms with van der Waals surface area (Å²) in [5.41, 5.74) is 2.84. The SMILES string of the molecule is O=C(Cl)NCc1ccc2nc[nH]c2c1. The number of benzene rings is 1. The minimum atomic E-state index is -0.547. The second-order valence-corrected chi connectivity index (χ2v) is 3.22. The van der Waals surface area contributed by atoms with Gasteiger partial charge in [-0.15, -0.1) is 0 Å². The Morgan fingerprint density at radius 2 is 2.43 bits per heavy atom. The van der Waals surface area contributed by atoms with E-state index in [9.17, 15) is 4.79 Å². The lowest BCUT2D eigenvalue weighted by molar-refractivity contribution is 0.259. The van der Waals surface area contributed by atoms with Gasteiger partial charge in [0.1, 0.15) is 0 Å². The van der Waals surface area contributed by atoms with Crippen LogP contribution in [0.2, 0.25) is 0 Å². The topological polar surface area (TPSA) is 57.8 Å². The molecule has 0 radical (unpaired) electrons. The van der Waals surface area contributed by atoms with E-state index in [1.807, 2.05) is 18.2 Å². The molecule has 0 unspecified atom stereocenters. The van der Waals surface area contributed by atoms with Crippen LogP contribution < -0.4 is 5.32 Å². The molecule has 1 aromatic heterocycles. The van der Waals surface area contributed by atoms with Crippen LogP contribution in [0.4, 0.5) is 4.79 Å². The van der Waals surface area contributed by atoms with Gasteiger partial charge >= 0.3 is 5.37 Å².